The van der Waals surface area contributed by atoms with Crippen LogP contribution in [-0.4, -0.2) is 0 Å². The number of nitrogens with one attached hydrogen (secondary N) is 1. The number of halogens is 5. The average molecular weight is 384 g/mol. The second-order valence-corrected chi connectivity index (χ2v) is 7.17. The quantitative estimate of drug-likeness (QED) is 0.531. The maximum atomic E-state index is 13.5. The predicted molar refractivity (Wildman–Crippen MR) is 94.3 cm³/mol. The molecule has 0 amide bonds. The largest absolute Gasteiger partial charge is 0.416 e. The fourth-order valence-electron chi connectivity index (χ4n) is 3.94. The van der Waals surface area contributed by atoms with E-state index in [0.29, 0.717) is 22.2 Å². The van der Waals surface area contributed by atoms with E-state index in [9.17, 15) is 13.2 Å². The summed E-state index contributed by atoms with van der Waals surface area (Å²) in [5.74, 6) is 0.0329. The maximum Gasteiger partial charge on any atom is 0.416 e. The predicted octanol–water partition coefficient (Wildman–Crippen LogP) is 6.84. The SMILES string of the molecule is FC(F)(F)c1ccccc1[C@@H]1Nc2c(ccc(Cl)c2Cl)C2C=CCC21. The molecule has 0 fully saturated rings. The highest BCUT2D eigenvalue weighted by molar-refractivity contribution is 6.43. The van der Waals surface area contributed by atoms with Crippen LogP contribution in [0.2, 0.25) is 10.0 Å². The third-order valence-electron chi connectivity index (χ3n) is 5.03. The van der Waals surface area contributed by atoms with Crippen LogP contribution >= 0.6 is 23.2 Å². The van der Waals surface area contributed by atoms with Crippen molar-refractivity contribution in [1.82, 2.24) is 0 Å². The lowest BCUT2D eigenvalue weighted by Crippen LogP contribution is -2.31. The number of anilines is 1. The molecule has 4 rings (SSSR count). The smallest absolute Gasteiger partial charge is 0.376 e. The lowest BCUT2D eigenvalue weighted by Gasteiger charge is -2.39. The van der Waals surface area contributed by atoms with Gasteiger partial charge in [0.2, 0.25) is 0 Å². The Hall–Kier alpha value is -1.65. The van der Waals surface area contributed by atoms with Gasteiger partial charge in [-0.1, -0.05) is 59.6 Å². The minimum Gasteiger partial charge on any atom is -0.376 e. The molecule has 0 saturated carbocycles. The second kappa shape index (κ2) is 5.96. The molecule has 2 aromatic carbocycles. The summed E-state index contributed by atoms with van der Waals surface area (Å²) in [4.78, 5) is 0. The van der Waals surface area contributed by atoms with Crippen LogP contribution in [0.25, 0.3) is 0 Å². The molecule has 1 N–H and O–H groups in total. The van der Waals surface area contributed by atoms with E-state index >= 15 is 0 Å². The molecule has 1 aliphatic heterocycles. The molecule has 6 heteroatoms. The van der Waals surface area contributed by atoms with E-state index in [-0.39, 0.29) is 17.4 Å². The average Bonchev–Trinajstić information content (AvgIpc) is 3.06. The van der Waals surface area contributed by atoms with Crippen LogP contribution in [0.3, 0.4) is 0 Å². The zero-order valence-electron chi connectivity index (χ0n) is 12.9. The third-order valence-corrected chi connectivity index (χ3v) is 5.83. The van der Waals surface area contributed by atoms with Gasteiger partial charge in [-0.05, 0) is 35.6 Å². The molecule has 0 radical (unpaired) electrons. The van der Waals surface area contributed by atoms with Crippen molar-refractivity contribution in [2.75, 3.05) is 5.32 Å². The van der Waals surface area contributed by atoms with Gasteiger partial charge in [-0.15, -0.1) is 0 Å². The molecule has 2 aromatic rings. The Morgan fingerprint density at radius 3 is 2.52 bits per heavy atom. The first-order chi connectivity index (χ1) is 11.9. The minimum atomic E-state index is -4.40. The van der Waals surface area contributed by atoms with Crippen molar-refractivity contribution in [3.05, 3.63) is 75.3 Å². The second-order valence-electron chi connectivity index (χ2n) is 6.39. The summed E-state index contributed by atoms with van der Waals surface area (Å²) in [5.41, 5.74) is 1.24. The fraction of sp³-hybridized carbons (Fsp3) is 0.263. The zero-order chi connectivity index (χ0) is 17.8. The third kappa shape index (κ3) is 2.72. The first-order valence-corrected chi connectivity index (χ1v) is 8.70. The van der Waals surface area contributed by atoms with Crippen LogP contribution < -0.4 is 5.32 Å². The summed E-state index contributed by atoms with van der Waals surface area (Å²) >= 11 is 12.5. The van der Waals surface area contributed by atoms with Gasteiger partial charge in [0.1, 0.15) is 0 Å². The van der Waals surface area contributed by atoms with Gasteiger partial charge in [0, 0.05) is 5.92 Å². The van der Waals surface area contributed by atoms with Crippen molar-refractivity contribution in [1.29, 1.82) is 0 Å². The summed E-state index contributed by atoms with van der Waals surface area (Å²) in [7, 11) is 0. The Morgan fingerprint density at radius 2 is 1.76 bits per heavy atom. The molecule has 25 heavy (non-hydrogen) atoms. The normalized spacial score (nSPS) is 24.6. The van der Waals surface area contributed by atoms with Gasteiger partial charge in [-0.2, -0.15) is 13.2 Å². The van der Waals surface area contributed by atoms with Gasteiger partial charge in [-0.3, -0.25) is 0 Å². The number of alkyl halides is 3. The highest BCUT2D eigenvalue weighted by Gasteiger charge is 2.43. The van der Waals surface area contributed by atoms with E-state index < -0.39 is 17.8 Å². The van der Waals surface area contributed by atoms with Crippen molar-refractivity contribution in [3.63, 3.8) is 0 Å². The monoisotopic (exact) mass is 383 g/mol. The highest BCUT2D eigenvalue weighted by atomic mass is 35.5. The molecule has 2 aliphatic rings. The Balaban J connectivity index is 1.87. The number of hydrogen-bond donors (Lipinski definition) is 1. The summed E-state index contributed by atoms with van der Waals surface area (Å²) in [6.45, 7) is 0. The summed E-state index contributed by atoms with van der Waals surface area (Å²) in [6.07, 6.45) is 0.391. The molecule has 2 unspecified atom stereocenters. The van der Waals surface area contributed by atoms with Crippen LogP contribution in [-0.2, 0) is 6.18 Å². The van der Waals surface area contributed by atoms with Crippen molar-refractivity contribution in [2.45, 2.75) is 24.6 Å². The van der Waals surface area contributed by atoms with E-state index in [1.807, 2.05) is 12.1 Å². The van der Waals surface area contributed by atoms with Crippen molar-refractivity contribution in [2.24, 2.45) is 5.92 Å². The molecule has 0 aromatic heterocycles. The first kappa shape index (κ1) is 16.8. The Labute approximate surface area is 153 Å². The maximum absolute atomic E-state index is 13.5. The van der Waals surface area contributed by atoms with Crippen LogP contribution in [0.4, 0.5) is 18.9 Å². The van der Waals surface area contributed by atoms with Gasteiger partial charge in [0.05, 0.1) is 27.3 Å². The molecule has 3 atom stereocenters. The number of benzene rings is 2. The van der Waals surface area contributed by atoms with Crippen LogP contribution in [0.5, 0.6) is 0 Å². The molecule has 0 bridgehead atoms. The van der Waals surface area contributed by atoms with Gasteiger partial charge in [-0.25, -0.2) is 0 Å². The Morgan fingerprint density at radius 1 is 1.00 bits per heavy atom. The fourth-order valence-corrected chi connectivity index (χ4v) is 4.32. The molecular weight excluding hydrogens is 370 g/mol. The lowest BCUT2D eigenvalue weighted by atomic mass is 9.76. The molecule has 1 aliphatic carbocycles. The van der Waals surface area contributed by atoms with E-state index in [2.05, 4.69) is 11.4 Å². The topological polar surface area (TPSA) is 12.0 Å². The summed E-state index contributed by atoms with van der Waals surface area (Å²) in [6, 6.07) is 8.87. The number of allylic oxidation sites excluding steroid dienone is 2. The Kier molecular flexibility index (Phi) is 4.00. The van der Waals surface area contributed by atoms with E-state index in [1.54, 1.807) is 18.2 Å². The van der Waals surface area contributed by atoms with Gasteiger partial charge < -0.3 is 5.32 Å². The minimum absolute atomic E-state index is 0.00763. The van der Waals surface area contributed by atoms with Gasteiger partial charge >= 0.3 is 6.18 Å². The molecule has 1 heterocycles. The van der Waals surface area contributed by atoms with Crippen molar-refractivity contribution < 1.29 is 13.2 Å². The lowest BCUT2D eigenvalue weighted by molar-refractivity contribution is -0.138. The standard InChI is InChI=1S/C19H14Cl2F3N/c20-15-9-8-12-10-5-3-6-11(10)17(25-18(12)16(15)21)13-4-1-2-7-14(13)19(22,23)24/h1-5,7-11,17,25H,6H2/t10?,11?,17-/m1/s1. The zero-order valence-corrected chi connectivity index (χ0v) is 14.5. The molecule has 1 nitrogen and oxygen atoms in total. The first-order valence-electron chi connectivity index (χ1n) is 7.95. The number of fused-ring (bicyclic) bond motifs is 3. The molecular formula is C19H14Cl2F3N. The van der Waals surface area contributed by atoms with E-state index in [4.69, 9.17) is 23.2 Å². The van der Waals surface area contributed by atoms with E-state index in [1.165, 1.54) is 6.07 Å². The molecule has 0 saturated heterocycles. The summed E-state index contributed by atoms with van der Waals surface area (Å²) < 4.78 is 40.5. The summed E-state index contributed by atoms with van der Waals surface area (Å²) in [5, 5.41) is 3.99. The molecule has 130 valence electrons. The number of rotatable bonds is 1. The Bertz CT molecular complexity index is 860. The highest BCUT2D eigenvalue weighted by Crippen LogP contribution is 2.53. The number of hydrogen-bond acceptors (Lipinski definition) is 1. The van der Waals surface area contributed by atoms with Crippen LogP contribution in [0.15, 0.2) is 48.6 Å². The van der Waals surface area contributed by atoms with Crippen LogP contribution in [0, 0.1) is 5.92 Å². The molecule has 0 spiro atoms. The van der Waals surface area contributed by atoms with Gasteiger partial charge in [0.25, 0.3) is 0 Å². The van der Waals surface area contributed by atoms with Crippen molar-refractivity contribution in [3.8, 4) is 0 Å². The van der Waals surface area contributed by atoms with E-state index in [0.717, 1.165) is 11.6 Å². The van der Waals surface area contributed by atoms with Gasteiger partial charge in [0.15, 0.2) is 0 Å². The van der Waals surface area contributed by atoms with Crippen LogP contribution in [0.1, 0.15) is 35.1 Å². The van der Waals surface area contributed by atoms with Crippen molar-refractivity contribution >= 4 is 28.9 Å².